The van der Waals surface area contributed by atoms with E-state index in [2.05, 4.69) is 39.0 Å². The molecule has 164 valence electrons. The largest absolute Gasteiger partial charge is 0.362 e. The minimum Gasteiger partial charge on any atom is -0.362 e. The molecule has 1 aromatic rings. The highest BCUT2D eigenvalue weighted by molar-refractivity contribution is 5.19. The third-order valence-corrected chi connectivity index (χ3v) is 10.2. The standard InChI is InChI=1S/C28H40O2/c1-4-21-11-13-24-23-12-10-22-18-28(29,30-19-20-8-6-5-7-9-20)17-16-27(22,3)25(23)14-15-26(21,24)2/h5-9,16-17,21-25,29H,4,10-15,18-19H2,1-3H3/t21-,22?,23-,24-,25-,26+,27-,28-/m0/s1. The van der Waals surface area contributed by atoms with E-state index in [1.54, 1.807) is 0 Å². The van der Waals surface area contributed by atoms with Crippen molar-refractivity contribution >= 4 is 0 Å². The van der Waals surface area contributed by atoms with Crippen LogP contribution in [0.3, 0.4) is 0 Å². The van der Waals surface area contributed by atoms with Gasteiger partial charge in [0, 0.05) is 6.42 Å². The maximum Gasteiger partial charge on any atom is 0.185 e. The SMILES string of the molecule is CC[C@H]1CC[C@H]2[C@@H]3CCC4C[C@@](O)(OCc5ccccc5)C=C[C@]4(C)[C@H]3CC[C@]12C. The van der Waals surface area contributed by atoms with E-state index in [1.807, 2.05) is 24.3 Å². The molecule has 1 aromatic carbocycles. The normalized spacial score (nSPS) is 47.4. The van der Waals surface area contributed by atoms with Gasteiger partial charge in [-0.3, -0.25) is 0 Å². The van der Waals surface area contributed by atoms with Crippen molar-refractivity contribution < 1.29 is 9.84 Å². The molecule has 0 aliphatic heterocycles. The summed E-state index contributed by atoms with van der Waals surface area (Å²) in [5, 5.41) is 11.2. The number of rotatable bonds is 4. The van der Waals surface area contributed by atoms with Crippen LogP contribution < -0.4 is 0 Å². The van der Waals surface area contributed by atoms with Crippen LogP contribution in [-0.4, -0.2) is 10.9 Å². The van der Waals surface area contributed by atoms with Gasteiger partial charge in [-0.25, -0.2) is 0 Å². The average molecular weight is 409 g/mol. The summed E-state index contributed by atoms with van der Waals surface area (Å²) in [5.41, 5.74) is 1.92. The number of ether oxygens (including phenoxy) is 1. The summed E-state index contributed by atoms with van der Waals surface area (Å²) in [6.07, 6.45) is 14.7. The van der Waals surface area contributed by atoms with E-state index in [0.29, 0.717) is 17.9 Å². The molecule has 3 fully saturated rings. The summed E-state index contributed by atoms with van der Waals surface area (Å²) in [5.74, 6) is 2.92. The summed E-state index contributed by atoms with van der Waals surface area (Å²) in [6, 6.07) is 10.2. The van der Waals surface area contributed by atoms with Crippen LogP contribution >= 0.6 is 0 Å². The Kier molecular flexibility index (Phi) is 5.18. The fourth-order valence-corrected chi connectivity index (χ4v) is 8.45. The van der Waals surface area contributed by atoms with E-state index < -0.39 is 5.79 Å². The second-order valence-electron chi connectivity index (χ2n) is 11.4. The molecule has 5 rings (SSSR count). The molecule has 0 radical (unpaired) electrons. The lowest BCUT2D eigenvalue weighted by Crippen LogP contribution is -2.54. The number of hydrogen-bond donors (Lipinski definition) is 1. The lowest BCUT2D eigenvalue weighted by molar-refractivity contribution is -0.207. The van der Waals surface area contributed by atoms with Gasteiger partial charge in [0.25, 0.3) is 0 Å². The van der Waals surface area contributed by atoms with Crippen LogP contribution in [0.5, 0.6) is 0 Å². The van der Waals surface area contributed by atoms with Crippen molar-refractivity contribution in [3.05, 3.63) is 48.0 Å². The molecule has 30 heavy (non-hydrogen) atoms. The molecule has 0 saturated heterocycles. The Hall–Kier alpha value is -1.12. The van der Waals surface area contributed by atoms with Crippen molar-refractivity contribution in [2.75, 3.05) is 0 Å². The zero-order valence-electron chi connectivity index (χ0n) is 19.1. The third kappa shape index (κ3) is 3.21. The van der Waals surface area contributed by atoms with Gasteiger partial charge in [0.2, 0.25) is 0 Å². The first kappa shape index (κ1) is 20.8. The smallest absolute Gasteiger partial charge is 0.185 e. The van der Waals surface area contributed by atoms with E-state index in [4.69, 9.17) is 4.74 Å². The van der Waals surface area contributed by atoms with Crippen molar-refractivity contribution in [3.8, 4) is 0 Å². The number of fused-ring (bicyclic) bond motifs is 5. The topological polar surface area (TPSA) is 29.5 Å². The van der Waals surface area contributed by atoms with Crippen LogP contribution in [0, 0.1) is 40.4 Å². The van der Waals surface area contributed by atoms with Crippen molar-refractivity contribution in [2.45, 2.75) is 84.5 Å². The first-order valence-corrected chi connectivity index (χ1v) is 12.5. The molecular formula is C28H40O2. The van der Waals surface area contributed by atoms with E-state index in [-0.39, 0.29) is 5.41 Å². The number of allylic oxidation sites excluding steroid dienone is 1. The lowest BCUT2D eigenvalue weighted by atomic mass is 9.45. The summed E-state index contributed by atoms with van der Waals surface area (Å²) in [7, 11) is 0. The van der Waals surface area contributed by atoms with Crippen molar-refractivity contribution in [2.24, 2.45) is 40.4 Å². The van der Waals surface area contributed by atoms with Gasteiger partial charge in [-0.1, -0.05) is 63.6 Å². The van der Waals surface area contributed by atoms with Crippen molar-refractivity contribution in [3.63, 3.8) is 0 Å². The average Bonchev–Trinajstić information content (AvgIpc) is 3.10. The maximum atomic E-state index is 11.2. The molecule has 1 unspecified atom stereocenters. The second-order valence-corrected chi connectivity index (χ2v) is 11.4. The van der Waals surface area contributed by atoms with Crippen LogP contribution in [-0.2, 0) is 11.3 Å². The molecule has 0 heterocycles. The first-order chi connectivity index (χ1) is 14.4. The zero-order valence-corrected chi connectivity index (χ0v) is 19.1. The molecule has 0 bridgehead atoms. The highest BCUT2D eigenvalue weighted by Gasteiger charge is 2.60. The Morgan fingerprint density at radius 3 is 2.53 bits per heavy atom. The second kappa shape index (κ2) is 7.48. The zero-order chi connectivity index (χ0) is 21.0. The summed E-state index contributed by atoms with van der Waals surface area (Å²) in [4.78, 5) is 0. The fourth-order valence-electron chi connectivity index (χ4n) is 8.45. The van der Waals surface area contributed by atoms with Gasteiger partial charge in [0.05, 0.1) is 6.61 Å². The minimum atomic E-state index is -1.11. The molecule has 3 saturated carbocycles. The van der Waals surface area contributed by atoms with E-state index in [9.17, 15) is 5.11 Å². The Morgan fingerprint density at radius 2 is 1.77 bits per heavy atom. The number of aliphatic hydroxyl groups is 1. The monoisotopic (exact) mass is 408 g/mol. The van der Waals surface area contributed by atoms with Gasteiger partial charge >= 0.3 is 0 Å². The van der Waals surface area contributed by atoms with Gasteiger partial charge in [0.1, 0.15) is 0 Å². The minimum absolute atomic E-state index is 0.219. The predicted molar refractivity (Wildman–Crippen MR) is 122 cm³/mol. The Balaban J connectivity index is 1.34. The molecule has 2 heteroatoms. The van der Waals surface area contributed by atoms with Gasteiger partial charge in [-0.2, -0.15) is 0 Å². The Bertz CT molecular complexity index is 787. The van der Waals surface area contributed by atoms with Crippen LogP contribution in [0.15, 0.2) is 42.5 Å². The van der Waals surface area contributed by atoms with E-state index in [0.717, 1.165) is 35.7 Å². The van der Waals surface area contributed by atoms with Crippen molar-refractivity contribution in [1.29, 1.82) is 0 Å². The van der Waals surface area contributed by atoms with Crippen LogP contribution in [0.1, 0.15) is 77.7 Å². The number of hydrogen-bond acceptors (Lipinski definition) is 2. The number of benzene rings is 1. The molecule has 2 nitrogen and oxygen atoms in total. The van der Waals surface area contributed by atoms with E-state index in [1.165, 1.54) is 44.9 Å². The Morgan fingerprint density at radius 1 is 0.967 bits per heavy atom. The maximum absolute atomic E-state index is 11.2. The molecule has 0 amide bonds. The third-order valence-electron chi connectivity index (χ3n) is 10.2. The molecule has 1 N–H and O–H groups in total. The van der Waals surface area contributed by atoms with Gasteiger partial charge in [-0.15, -0.1) is 0 Å². The van der Waals surface area contributed by atoms with Crippen LogP contribution in [0.25, 0.3) is 0 Å². The van der Waals surface area contributed by atoms with Crippen LogP contribution in [0.2, 0.25) is 0 Å². The molecule has 0 spiro atoms. The van der Waals surface area contributed by atoms with Crippen LogP contribution in [0.4, 0.5) is 0 Å². The molecule has 4 aliphatic carbocycles. The highest BCUT2D eigenvalue weighted by Crippen LogP contribution is 2.67. The quantitative estimate of drug-likeness (QED) is 0.442. The van der Waals surface area contributed by atoms with Gasteiger partial charge in [-0.05, 0) is 90.6 Å². The molecular weight excluding hydrogens is 368 g/mol. The van der Waals surface area contributed by atoms with Gasteiger partial charge < -0.3 is 9.84 Å². The fraction of sp³-hybridized carbons (Fsp3) is 0.714. The summed E-state index contributed by atoms with van der Waals surface area (Å²) in [6.45, 7) is 7.99. The highest BCUT2D eigenvalue weighted by atomic mass is 16.6. The molecule has 4 aliphatic rings. The van der Waals surface area contributed by atoms with Gasteiger partial charge in [0.15, 0.2) is 5.79 Å². The lowest BCUT2D eigenvalue weighted by Gasteiger charge is -2.60. The molecule has 0 aromatic heterocycles. The Labute approximate surface area is 183 Å². The van der Waals surface area contributed by atoms with Crippen molar-refractivity contribution in [1.82, 2.24) is 0 Å². The summed E-state index contributed by atoms with van der Waals surface area (Å²) < 4.78 is 6.07. The summed E-state index contributed by atoms with van der Waals surface area (Å²) >= 11 is 0. The first-order valence-electron chi connectivity index (χ1n) is 12.5. The molecule has 8 atom stereocenters. The van der Waals surface area contributed by atoms with E-state index >= 15 is 0 Å². The predicted octanol–water partition coefficient (Wildman–Crippen LogP) is 6.74.